The van der Waals surface area contributed by atoms with E-state index in [0.717, 1.165) is 11.6 Å². The molecule has 26 nitrogen and oxygen atoms in total. The zero-order chi connectivity index (χ0) is 60.9. The fourth-order valence-corrected chi connectivity index (χ4v) is 23.3. The average molecular weight is 1290 g/mol. The molecule has 11 atom stereocenters. The molecule has 3 unspecified atom stereocenters. The number of rotatable bonds is 17. The SMILES string of the molecule is [C-]#[N+]CCOP1(=S)O[C@@H]2[C@@H]3OC1([Si](C)(C)C(C)(C)C)OC[C@H]1O[C@@H](n4cc5c6c(ncnc64)N(C(=O)c4ccccc4)CCC5)[C@H](F)[C@@H]1OP(O)(=S)OC[C@H]3O[C@H]2n1cnc2c(=O)n(CCOCNC(=O)CNC(=O)OCC[Si](C)(C)C)cnc21. The van der Waals surface area contributed by atoms with E-state index in [4.69, 9.17) is 76.7 Å². The van der Waals surface area contributed by atoms with Crippen molar-refractivity contribution in [3.8, 4) is 0 Å². The molecule has 5 aliphatic rings. The Hall–Kier alpha value is -4.85. The summed E-state index contributed by atoms with van der Waals surface area (Å²) in [4.78, 5) is 87.6. The van der Waals surface area contributed by atoms with Gasteiger partial charge in [-0.05, 0) is 65.2 Å². The first kappa shape index (κ1) is 63.2. The van der Waals surface area contributed by atoms with E-state index < -0.39 is 119 Å². The molecule has 5 aromatic rings. The molecular formula is C52H70FN11O15P2S2Si2. The number of anilines is 1. The third kappa shape index (κ3) is 12.6. The summed E-state index contributed by atoms with van der Waals surface area (Å²) >= 11 is 12.3. The van der Waals surface area contributed by atoms with Gasteiger partial charge < -0.3 is 66.9 Å². The molecule has 4 saturated heterocycles. The number of hydrogen-bond donors (Lipinski definition) is 3. The van der Waals surface area contributed by atoms with E-state index in [1.165, 1.54) is 28.1 Å². The number of aromatic nitrogens is 7. The number of hydrogen-bond acceptors (Lipinski definition) is 20. The van der Waals surface area contributed by atoms with Crippen LogP contribution in [0.25, 0.3) is 27.0 Å². The summed E-state index contributed by atoms with van der Waals surface area (Å²) < 4.78 is 87.0. The normalized spacial score (nSPS) is 28.9. The lowest BCUT2D eigenvalue weighted by atomic mass is 10.1. The fraction of sp³-hybridized carbons (Fsp3) is 0.596. The first-order valence-electron chi connectivity index (χ1n) is 27.8. The van der Waals surface area contributed by atoms with Gasteiger partial charge in [-0.3, -0.25) is 32.9 Å². The first-order valence-corrected chi connectivity index (χ1v) is 39.8. The van der Waals surface area contributed by atoms with E-state index in [9.17, 15) is 24.1 Å². The van der Waals surface area contributed by atoms with Gasteiger partial charge in [0, 0.05) is 26.4 Å². The number of alkyl carbamates (subject to hydrolysis) is 1. The van der Waals surface area contributed by atoms with Crippen molar-refractivity contribution in [1.29, 1.82) is 0 Å². The second kappa shape index (κ2) is 25.0. The maximum Gasteiger partial charge on any atom is 0.407 e. The van der Waals surface area contributed by atoms with Crippen molar-refractivity contribution in [2.24, 2.45) is 0 Å². The molecule has 0 aliphatic carbocycles. The molecule has 4 aromatic heterocycles. The molecule has 4 fully saturated rings. The monoisotopic (exact) mass is 1290 g/mol. The summed E-state index contributed by atoms with van der Waals surface area (Å²) in [5, 5.41) is 3.01. The third-order valence-corrected chi connectivity index (χ3v) is 31.3. The Balaban J connectivity index is 0.916. The molecule has 85 heavy (non-hydrogen) atoms. The van der Waals surface area contributed by atoms with Gasteiger partial charge in [-0.15, -0.1) is 0 Å². The van der Waals surface area contributed by atoms with E-state index in [-0.39, 0.29) is 63.3 Å². The van der Waals surface area contributed by atoms with Crippen LogP contribution in [0.3, 0.4) is 0 Å². The van der Waals surface area contributed by atoms with Gasteiger partial charge in [0.2, 0.25) is 24.1 Å². The molecule has 0 radical (unpaired) electrons. The number of imidazole rings is 1. The molecule has 33 heteroatoms. The quantitative estimate of drug-likeness (QED) is 0.0303. The standard InChI is InChI=1S/C52H70FN11O15P2S2Si2/c1-51(2,3)85(8,9)52-72-26-34-40(38(53)48(75-34)63-25-33-16-13-18-62(43-37(33)44(63)57-28-56-43)46(66)32-14-11-10-12-15-32)79-81(69,83)74-27-35-41(77-52)42(78-80(52,82)73-20-17-54-4)49(76-35)64-30-58-39-45(64)59-29-61(47(39)67)19-21-70-31-60-36(65)24-55-50(68)71-22-23-84(5,6)7/h10-12,14-15,25,28-30,34-35,38,40-42,48-49H,13,16-24,26-27,31H2,1-3,5-9H3,(H,55,68)(H,60,65)(H,69,83)/t34-,35-,38-,40-,41-,42-,48-,49-,52?,80?,81?/m1/s1. The highest BCUT2D eigenvalue weighted by Gasteiger charge is 2.72. The number of nitrogens with one attached hydrogen (secondary N) is 2. The zero-order valence-electron chi connectivity index (χ0n) is 48.3. The Morgan fingerprint density at radius 2 is 1.68 bits per heavy atom. The maximum absolute atomic E-state index is 17.8. The van der Waals surface area contributed by atoms with Crippen LogP contribution in [-0.4, -0.2) is 174 Å². The maximum atomic E-state index is 17.8. The zero-order valence-corrected chi connectivity index (χ0v) is 53.7. The number of nitrogens with zero attached hydrogens (tertiary/aromatic N) is 9. The second-order valence-electron chi connectivity index (χ2n) is 23.9. The molecule has 5 aliphatic heterocycles. The predicted octanol–water partition coefficient (Wildman–Crippen LogP) is 6.30. The minimum absolute atomic E-state index is 0.0131. The van der Waals surface area contributed by atoms with E-state index in [2.05, 4.69) is 55.1 Å². The Morgan fingerprint density at radius 1 is 0.929 bits per heavy atom. The van der Waals surface area contributed by atoms with Crippen molar-refractivity contribution in [2.45, 2.75) is 138 Å². The summed E-state index contributed by atoms with van der Waals surface area (Å²) in [6.07, 6.45) is -4.93. The lowest BCUT2D eigenvalue weighted by molar-refractivity contribution is -0.227. The number of benzene rings is 1. The van der Waals surface area contributed by atoms with Gasteiger partial charge in [0.25, 0.3) is 11.5 Å². The van der Waals surface area contributed by atoms with Crippen molar-refractivity contribution < 1.29 is 70.2 Å². The summed E-state index contributed by atoms with van der Waals surface area (Å²) in [5.41, 5.74) is 1.06. The van der Waals surface area contributed by atoms with Crippen LogP contribution in [0.1, 0.15) is 55.6 Å². The van der Waals surface area contributed by atoms with Gasteiger partial charge in [-0.25, -0.2) is 35.7 Å². The van der Waals surface area contributed by atoms with Gasteiger partial charge in [0.05, 0.1) is 44.7 Å². The smallest absolute Gasteiger partial charge is 0.407 e. The predicted molar refractivity (Wildman–Crippen MR) is 320 cm³/mol. The molecule has 3 N–H and O–H groups in total. The minimum Gasteiger partial charge on any atom is -0.450 e. The van der Waals surface area contributed by atoms with Crippen molar-refractivity contribution in [3.63, 3.8) is 0 Å². The molecule has 3 amide bonds. The molecule has 0 spiro atoms. The summed E-state index contributed by atoms with van der Waals surface area (Å²) in [7, 11) is -4.69. The van der Waals surface area contributed by atoms with Crippen LogP contribution in [0, 0.1) is 6.57 Å². The van der Waals surface area contributed by atoms with Crippen molar-refractivity contribution in [1.82, 2.24) is 44.3 Å². The highest BCUT2D eigenvalue weighted by molar-refractivity contribution is 8.11. The van der Waals surface area contributed by atoms with Crippen LogP contribution in [0.2, 0.25) is 43.8 Å². The fourth-order valence-electron chi connectivity index (χ4n) is 10.7. The van der Waals surface area contributed by atoms with Crippen LogP contribution < -0.4 is 21.1 Å². The van der Waals surface area contributed by atoms with Crippen LogP contribution in [-0.2, 0) is 87.9 Å². The summed E-state index contributed by atoms with van der Waals surface area (Å²) in [6, 6.07) is 9.66. The Kier molecular flexibility index (Phi) is 18.6. The number of fused-ring (bicyclic) bond motifs is 3. The van der Waals surface area contributed by atoms with Crippen molar-refractivity contribution >= 4 is 98.9 Å². The van der Waals surface area contributed by atoms with Crippen LogP contribution >= 0.6 is 13.2 Å². The van der Waals surface area contributed by atoms with E-state index in [0.29, 0.717) is 41.8 Å². The van der Waals surface area contributed by atoms with Gasteiger partial charge in [-0.1, -0.05) is 71.7 Å². The number of halogens is 1. The number of amides is 3. The van der Waals surface area contributed by atoms with E-state index >= 15 is 4.39 Å². The summed E-state index contributed by atoms with van der Waals surface area (Å²) in [5.74, 6) is -0.389. The first-order chi connectivity index (χ1) is 40.3. The highest BCUT2D eigenvalue weighted by atomic mass is 32.5. The third-order valence-electron chi connectivity index (χ3n) is 16.1. The van der Waals surface area contributed by atoms with Gasteiger partial charge in [0.15, 0.2) is 29.8 Å². The topological polar surface area (TPSA) is 279 Å². The van der Waals surface area contributed by atoms with Gasteiger partial charge in [0.1, 0.15) is 82.6 Å². The largest absolute Gasteiger partial charge is 0.450 e. The van der Waals surface area contributed by atoms with E-state index in [1.807, 2.05) is 39.9 Å². The van der Waals surface area contributed by atoms with Gasteiger partial charge in [-0.2, -0.15) is 0 Å². The molecular weight excluding hydrogens is 1220 g/mol. The van der Waals surface area contributed by atoms with Gasteiger partial charge >= 0.3 is 12.8 Å². The lowest BCUT2D eigenvalue weighted by Gasteiger charge is -2.58. The van der Waals surface area contributed by atoms with Crippen LogP contribution in [0.5, 0.6) is 0 Å². The lowest BCUT2D eigenvalue weighted by Crippen LogP contribution is -2.68. The summed E-state index contributed by atoms with van der Waals surface area (Å²) in [6.45, 7) is 14.8. The Labute approximate surface area is 501 Å². The number of carbonyl (C=O) groups is 3. The molecule has 9 heterocycles. The Morgan fingerprint density at radius 3 is 2.42 bits per heavy atom. The molecule has 10 rings (SSSR count). The van der Waals surface area contributed by atoms with Crippen molar-refractivity contribution in [3.05, 3.63) is 88.4 Å². The Bertz CT molecular complexity index is 3530. The van der Waals surface area contributed by atoms with Crippen molar-refractivity contribution in [2.75, 3.05) is 64.3 Å². The average Bonchev–Trinajstić information content (AvgIpc) is 1.73. The number of aryl methyl sites for hydroxylation is 1. The molecule has 2 bridgehead atoms. The second-order valence-corrected chi connectivity index (χ2v) is 41.7. The van der Waals surface area contributed by atoms with Crippen LogP contribution in [0.4, 0.5) is 15.0 Å². The minimum atomic E-state index is -4.40. The molecule has 0 saturated carbocycles. The number of ether oxygens (including phenoxy) is 6. The molecule has 460 valence electrons. The van der Waals surface area contributed by atoms with E-state index in [1.54, 1.807) is 39.9 Å². The highest BCUT2D eigenvalue weighted by Crippen LogP contribution is 2.73. The number of carbonyl (C=O) groups excluding carboxylic acids is 3. The molecule has 1 aromatic carbocycles. The number of alkyl halides is 1. The van der Waals surface area contributed by atoms with Crippen LogP contribution in [0.15, 0.2) is 60.3 Å².